The van der Waals surface area contributed by atoms with Gasteiger partial charge in [-0.25, -0.2) is 0 Å². The van der Waals surface area contributed by atoms with Crippen LogP contribution in [0.3, 0.4) is 0 Å². The van der Waals surface area contributed by atoms with Crippen molar-refractivity contribution in [3.05, 3.63) is 0 Å². The molecule has 0 rings (SSSR count). The molecule has 0 atom stereocenters. The molecule has 2 heteroatoms. The molecular formula is C6H15AlO. The van der Waals surface area contributed by atoms with E-state index < -0.39 is 0 Å². The van der Waals surface area contributed by atoms with E-state index in [-0.39, 0.29) is 15.6 Å². The predicted octanol–water partition coefficient (Wildman–Crippen LogP) is 1.59. The Morgan fingerprint density at radius 3 is 2.62 bits per heavy atom. The second-order valence-electron chi connectivity index (χ2n) is 1.97. The summed E-state index contributed by atoms with van der Waals surface area (Å²) in [6.07, 6.45) is 2.51. The molecule has 0 saturated heterocycles. The van der Waals surface area contributed by atoms with Gasteiger partial charge in [-0.2, -0.15) is 0 Å². The highest BCUT2D eigenvalue weighted by atomic mass is 27.1. The lowest BCUT2D eigenvalue weighted by atomic mass is 10.4. The molecule has 0 heterocycles. The zero-order valence-electron chi connectivity index (χ0n) is 5.94. The molecule has 0 aromatic rings. The van der Waals surface area contributed by atoms with Gasteiger partial charge in [0.25, 0.3) is 0 Å². The predicted molar refractivity (Wildman–Crippen MR) is 38.5 cm³/mol. The van der Waals surface area contributed by atoms with E-state index in [1.807, 2.05) is 0 Å². The largest absolute Gasteiger partial charge is 0.503 e. The van der Waals surface area contributed by atoms with Crippen molar-refractivity contribution in [2.75, 3.05) is 6.61 Å². The highest BCUT2D eigenvalue weighted by Gasteiger charge is 1.87. The van der Waals surface area contributed by atoms with Gasteiger partial charge in [0, 0.05) is 6.61 Å². The summed E-state index contributed by atoms with van der Waals surface area (Å²) >= 11 is -0.0986. The van der Waals surface area contributed by atoms with Crippen LogP contribution in [-0.4, -0.2) is 22.2 Å². The monoisotopic (exact) mass is 130 g/mol. The van der Waals surface area contributed by atoms with E-state index in [2.05, 4.69) is 13.8 Å². The summed E-state index contributed by atoms with van der Waals surface area (Å²) in [5, 5.41) is 1.28. The second kappa shape index (κ2) is 7.49. The minimum atomic E-state index is -0.0986. The van der Waals surface area contributed by atoms with Crippen LogP contribution in [0, 0.1) is 0 Å². The first kappa shape index (κ1) is 8.49. The summed E-state index contributed by atoms with van der Waals surface area (Å²) in [5.74, 6) is 0. The molecule has 0 unspecified atom stereocenters. The third kappa shape index (κ3) is 6.49. The van der Waals surface area contributed by atoms with Crippen LogP contribution in [0.15, 0.2) is 0 Å². The van der Waals surface area contributed by atoms with Gasteiger partial charge < -0.3 is 3.79 Å². The lowest BCUT2D eigenvalue weighted by molar-refractivity contribution is 0.326. The van der Waals surface area contributed by atoms with E-state index >= 15 is 0 Å². The summed E-state index contributed by atoms with van der Waals surface area (Å²) in [4.78, 5) is 0. The maximum Gasteiger partial charge on any atom is 0.435 e. The van der Waals surface area contributed by atoms with Gasteiger partial charge in [-0.3, -0.25) is 0 Å². The average molecular weight is 130 g/mol. The summed E-state index contributed by atoms with van der Waals surface area (Å²) in [5.41, 5.74) is 0. The Labute approximate surface area is 58.5 Å². The van der Waals surface area contributed by atoms with E-state index in [1.165, 1.54) is 18.1 Å². The third-order valence-corrected chi connectivity index (χ3v) is 1.98. The molecule has 0 aliphatic heterocycles. The van der Waals surface area contributed by atoms with Crippen molar-refractivity contribution in [2.24, 2.45) is 0 Å². The summed E-state index contributed by atoms with van der Waals surface area (Å²) < 4.78 is 5.36. The second-order valence-corrected chi connectivity index (χ2v) is 3.78. The van der Waals surface area contributed by atoms with E-state index in [1.54, 1.807) is 0 Å². The average Bonchev–Trinajstić information content (AvgIpc) is 1.81. The quantitative estimate of drug-likeness (QED) is 0.405. The fourth-order valence-electron chi connectivity index (χ4n) is 0.493. The maximum absolute atomic E-state index is 5.36. The molecule has 0 fully saturated rings. The zero-order chi connectivity index (χ0) is 6.24. The minimum absolute atomic E-state index is 0.0986. The van der Waals surface area contributed by atoms with Gasteiger partial charge in [-0.1, -0.05) is 25.6 Å². The van der Waals surface area contributed by atoms with Crippen molar-refractivity contribution in [3.8, 4) is 0 Å². The molecular weight excluding hydrogens is 115 g/mol. The molecule has 8 heavy (non-hydrogen) atoms. The van der Waals surface area contributed by atoms with Crippen LogP contribution in [0.5, 0.6) is 0 Å². The van der Waals surface area contributed by atoms with Crippen LogP contribution >= 0.6 is 0 Å². The fourth-order valence-corrected chi connectivity index (χ4v) is 1.19. The normalized spacial score (nSPS) is 9.25. The third-order valence-electron chi connectivity index (χ3n) is 0.991. The fraction of sp³-hybridized carbons (Fsp3) is 1.00. The Kier molecular flexibility index (Phi) is 7.95. The van der Waals surface area contributed by atoms with Crippen LogP contribution in [0.4, 0.5) is 0 Å². The summed E-state index contributed by atoms with van der Waals surface area (Å²) in [6, 6.07) is 0. The Bertz CT molecular complexity index is 33.5. The molecule has 0 radical (unpaired) electrons. The zero-order valence-corrected chi connectivity index (χ0v) is 7.36. The number of hydrogen-bond acceptors (Lipinski definition) is 1. The number of unbranched alkanes of at least 4 members (excludes halogenated alkanes) is 1. The van der Waals surface area contributed by atoms with Crippen LogP contribution in [-0.2, 0) is 3.79 Å². The van der Waals surface area contributed by atoms with Crippen LogP contribution in [0.2, 0.25) is 5.28 Å². The van der Waals surface area contributed by atoms with E-state index in [9.17, 15) is 0 Å². The first-order valence-electron chi connectivity index (χ1n) is 3.49. The SMILES string of the molecule is CCCC[O][AlH][CH2]C. The molecule has 0 amide bonds. The van der Waals surface area contributed by atoms with Crippen LogP contribution in [0.25, 0.3) is 0 Å². The van der Waals surface area contributed by atoms with Gasteiger partial charge >= 0.3 is 15.6 Å². The highest BCUT2D eigenvalue weighted by molar-refractivity contribution is 6.26. The summed E-state index contributed by atoms with van der Waals surface area (Å²) in [6.45, 7) is 5.39. The van der Waals surface area contributed by atoms with Gasteiger partial charge in [0.1, 0.15) is 0 Å². The minimum Gasteiger partial charge on any atom is -0.503 e. The molecule has 0 spiro atoms. The van der Waals surface area contributed by atoms with Crippen molar-refractivity contribution >= 4 is 15.6 Å². The number of rotatable bonds is 5. The van der Waals surface area contributed by atoms with Gasteiger partial charge in [0.05, 0.1) is 0 Å². The topological polar surface area (TPSA) is 9.23 Å². The smallest absolute Gasteiger partial charge is 0.435 e. The number of hydrogen-bond donors (Lipinski definition) is 0. The van der Waals surface area contributed by atoms with E-state index in [0.717, 1.165) is 6.61 Å². The van der Waals surface area contributed by atoms with Crippen molar-refractivity contribution in [1.29, 1.82) is 0 Å². The van der Waals surface area contributed by atoms with Crippen molar-refractivity contribution in [2.45, 2.75) is 32.0 Å². The van der Waals surface area contributed by atoms with Crippen LogP contribution < -0.4 is 0 Å². The molecule has 0 aliphatic carbocycles. The molecule has 0 aromatic heterocycles. The van der Waals surface area contributed by atoms with E-state index in [4.69, 9.17) is 3.79 Å². The lowest BCUT2D eigenvalue weighted by Crippen LogP contribution is -1.97. The van der Waals surface area contributed by atoms with Gasteiger partial charge in [0.15, 0.2) is 0 Å². The Hall–Kier alpha value is 0.492. The Morgan fingerprint density at radius 1 is 1.38 bits per heavy atom. The van der Waals surface area contributed by atoms with Gasteiger partial charge in [0.2, 0.25) is 0 Å². The maximum atomic E-state index is 5.36. The molecule has 0 aliphatic rings. The molecule has 48 valence electrons. The van der Waals surface area contributed by atoms with Crippen molar-refractivity contribution in [3.63, 3.8) is 0 Å². The lowest BCUT2D eigenvalue weighted by Gasteiger charge is -1.97. The first-order chi connectivity index (χ1) is 3.91. The highest BCUT2D eigenvalue weighted by Crippen LogP contribution is 1.86. The standard InChI is InChI=1S/C4H9O.C2H5.Al.H/c1-2-3-4-5;1-2;;/h2-4H2,1H3;1H2,2H3;;/q-1;;+1;. The van der Waals surface area contributed by atoms with Crippen molar-refractivity contribution in [1.82, 2.24) is 0 Å². The van der Waals surface area contributed by atoms with Gasteiger partial charge in [-0.15, -0.1) is 0 Å². The molecule has 0 N–H and O–H groups in total. The Balaban J connectivity index is 2.53. The molecule has 0 aromatic carbocycles. The van der Waals surface area contributed by atoms with Crippen LogP contribution in [0.1, 0.15) is 26.7 Å². The van der Waals surface area contributed by atoms with E-state index in [0.29, 0.717) is 0 Å². The Morgan fingerprint density at radius 2 is 2.12 bits per heavy atom. The van der Waals surface area contributed by atoms with Gasteiger partial charge in [-0.05, 0) is 6.42 Å². The molecule has 0 bridgehead atoms. The molecule has 1 nitrogen and oxygen atoms in total. The first-order valence-corrected chi connectivity index (χ1v) is 5.07. The molecule has 0 saturated carbocycles. The summed E-state index contributed by atoms with van der Waals surface area (Å²) in [7, 11) is 0. The van der Waals surface area contributed by atoms with Crippen molar-refractivity contribution < 1.29 is 3.79 Å².